The summed E-state index contributed by atoms with van der Waals surface area (Å²) in [5.41, 5.74) is 1.45. The molecule has 0 aromatic heterocycles. The van der Waals surface area contributed by atoms with Crippen LogP contribution in [0.2, 0.25) is 5.02 Å². The van der Waals surface area contributed by atoms with E-state index in [9.17, 15) is 19.5 Å². The molecule has 0 bridgehead atoms. The number of benzene rings is 2. The summed E-state index contributed by atoms with van der Waals surface area (Å²) in [5, 5.41) is 11.1. The Labute approximate surface area is 249 Å². The predicted molar refractivity (Wildman–Crippen MR) is 163 cm³/mol. The minimum Gasteiger partial charge on any atom is -0.394 e. The van der Waals surface area contributed by atoms with E-state index in [2.05, 4.69) is 6.08 Å². The third-order valence-electron chi connectivity index (χ3n) is 9.01. The Hall–Kier alpha value is -3.07. The van der Waals surface area contributed by atoms with Crippen molar-refractivity contribution in [2.45, 2.75) is 42.3 Å². The average molecular weight is 592 g/mol. The van der Waals surface area contributed by atoms with E-state index < -0.39 is 33.4 Å². The van der Waals surface area contributed by atoms with E-state index in [1.807, 2.05) is 69.3 Å². The molecule has 2 fully saturated rings. The van der Waals surface area contributed by atoms with Crippen molar-refractivity contribution in [3.8, 4) is 0 Å². The Bertz CT molecular complexity index is 1430. The first-order valence-corrected chi connectivity index (χ1v) is 15.2. The number of aliphatic hydroxyl groups excluding tert-OH is 1. The second kappa shape index (κ2) is 10.3. The number of carbonyl (C=O) groups is 3. The molecule has 1 unspecified atom stereocenters. The zero-order valence-electron chi connectivity index (χ0n) is 23.3. The fourth-order valence-electron chi connectivity index (χ4n) is 7.13. The molecule has 4 aliphatic rings. The highest BCUT2D eigenvalue weighted by Crippen LogP contribution is 2.66. The van der Waals surface area contributed by atoms with E-state index in [1.54, 1.807) is 50.7 Å². The van der Waals surface area contributed by atoms with Crippen LogP contribution in [0.4, 0.5) is 11.4 Å². The number of rotatable bonds is 5. The van der Waals surface area contributed by atoms with Gasteiger partial charge in [-0.25, -0.2) is 0 Å². The first-order valence-electron chi connectivity index (χ1n) is 14.0. The maximum absolute atomic E-state index is 14.7. The van der Waals surface area contributed by atoms with Crippen molar-refractivity contribution in [2.24, 2.45) is 17.8 Å². The Kier molecular flexibility index (Phi) is 7.07. The van der Waals surface area contributed by atoms with Gasteiger partial charge in [0, 0.05) is 34.2 Å². The van der Waals surface area contributed by atoms with Crippen LogP contribution in [-0.2, 0) is 14.4 Å². The van der Waals surface area contributed by atoms with Gasteiger partial charge in [0.2, 0.25) is 11.8 Å². The van der Waals surface area contributed by atoms with Gasteiger partial charge in [-0.3, -0.25) is 14.4 Å². The third-order valence-corrected chi connectivity index (χ3v) is 11.1. The van der Waals surface area contributed by atoms with Gasteiger partial charge >= 0.3 is 0 Å². The molecule has 1 spiro atoms. The first kappa shape index (κ1) is 28.1. The fourth-order valence-corrected chi connectivity index (χ4v) is 9.40. The minimum atomic E-state index is -0.989. The van der Waals surface area contributed by atoms with Crippen molar-refractivity contribution in [3.63, 3.8) is 0 Å². The molecule has 3 amide bonds. The number of aliphatic hydroxyl groups is 1. The molecule has 214 valence electrons. The monoisotopic (exact) mass is 591 g/mol. The number of thioether (sulfide) groups is 1. The SMILES string of the molecule is CC(C)[C@H](CO)N1C(=O)[C@@H]2[C@@H]3C(=O)N(c4ccccc4)CC=C[C@]3(C)S[C@@]23C=CCN(c2ccc(Cl)cc2)C(=O)C13. The van der Waals surface area contributed by atoms with Crippen molar-refractivity contribution in [1.82, 2.24) is 4.90 Å². The highest BCUT2D eigenvalue weighted by molar-refractivity contribution is 8.02. The lowest BCUT2D eigenvalue weighted by Crippen LogP contribution is -2.58. The summed E-state index contributed by atoms with van der Waals surface area (Å²) in [6, 6.07) is 15.1. The Morgan fingerprint density at radius 2 is 1.49 bits per heavy atom. The molecule has 1 N–H and O–H groups in total. The van der Waals surface area contributed by atoms with Crippen molar-refractivity contribution in [3.05, 3.63) is 83.9 Å². The summed E-state index contributed by atoms with van der Waals surface area (Å²) < 4.78 is -1.70. The lowest BCUT2D eigenvalue weighted by Gasteiger charge is -2.41. The zero-order chi connectivity index (χ0) is 29.1. The minimum absolute atomic E-state index is 0.106. The normalized spacial score (nSPS) is 31.7. The molecule has 0 saturated carbocycles. The molecule has 41 heavy (non-hydrogen) atoms. The lowest BCUT2D eigenvalue weighted by atomic mass is 9.74. The van der Waals surface area contributed by atoms with E-state index in [-0.39, 0.29) is 30.2 Å². The lowest BCUT2D eigenvalue weighted by molar-refractivity contribution is -0.143. The topological polar surface area (TPSA) is 81.2 Å². The standard InChI is InChI=1S/C32H34ClN3O4S/c1-20(2)24(19-37)36-27-30(40)35(23-13-11-21(33)12-14-23)18-8-16-32(27)26(29(36)39)25-28(38)34(22-9-5-4-6-10-22)17-7-15-31(25,3)41-32/h4-16,20,24-27,37H,17-19H2,1-3H3/t24-,25+,26-,27?,31-,32-/m0/s1. The van der Waals surface area contributed by atoms with Gasteiger partial charge in [-0.05, 0) is 49.2 Å². The Balaban J connectivity index is 1.51. The predicted octanol–water partition coefficient (Wildman–Crippen LogP) is 4.55. The Morgan fingerprint density at radius 1 is 0.878 bits per heavy atom. The van der Waals surface area contributed by atoms with E-state index in [4.69, 9.17) is 11.6 Å². The number of halogens is 1. The summed E-state index contributed by atoms with van der Waals surface area (Å²) in [6.07, 6.45) is 8.00. The third kappa shape index (κ3) is 4.25. The van der Waals surface area contributed by atoms with Crippen LogP contribution in [0.15, 0.2) is 78.9 Å². The molecule has 4 aliphatic heterocycles. The highest BCUT2D eigenvalue weighted by atomic mass is 35.5. The van der Waals surface area contributed by atoms with E-state index in [0.717, 1.165) is 5.69 Å². The average Bonchev–Trinajstić information content (AvgIpc) is 3.21. The number of likely N-dealkylation sites (tertiary alicyclic amines) is 1. The number of nitrogens with zero attached hydrogens (tertiary/aromatic N) is 3. The van der Waals surface area contributed by atoms with Gasteiger partial charge in [0.05, 0.1) is 29.2 Å². The quantitative estimate of drug-likeness (QED) is 0.516. The second-order valence-corrected chi connectivity index (χ2v) is 14.0. The highest BCUT2D eigenvalue weighted by Gasteiger charge is 2.74. The van der Waals surface area contributed by atoms with Gasteiger partial charge in [-0.2, -0.15) is 0 Å². The van der Waals surface area contributed by atoms with Gasteiger partial charge in [0.1, 0.15) is 6.04 Å². The van der Waals surface area contributed by atoms with Gasteiger partial charge in [-0.1, -0.05) is 68.0 Å². The largest absolute Gasteiger partial charge is 0.394 e. The van der Waals surface area contributed by atoms with Crippen LogP contribution in [0.5, 0.6) is 0 Å². The number of amides is 3. The molecule has 0 radical (unpaired) electrons. The summed E-state index contributed by atoms with van der Waals surface area (Å²) in [5.74, 6) is -2.19. The second-order valence-electron chi connectivity index (χ2n) is 11.8. The number of para-hydroxylation sites is 1. The molecule has 6 rings (SSSR count). The zero-order valence-corrected chi connectivity index (χ0v) is 24.9. The molecule has 4 heterocycles. The molecule has 2 aromatic rings. The number of fused-ring (bicyclic) bond motifs is 2. The van der Waals surface area contributed by atoms with Crippen LogP contribution in [-0.4, -0.2) is 69.0 Å². The molecular weight excluding hydrogens is 558 g/mol. The molecule has 2 aromatic carbocycles. The van der Waals surface area contributed by atoms with Gasteiger partial charge < -0.3 is 19.8 Å². The molecule has 7 nitrogen and oxygen atoms in total. The van der Waals surface area contributed by atoms with Crippen molar-refractivity contribution in [1.29, 1.82) is 0 Å². The summed E-state index contributed by atoms with van der Waals surface area (Å²) >= 11 is 7.69. The maximum Gasteiger partial charge on any atom is 0.251 e. The molecular formula is C32H34ClN3O4S. The van der Waals surface area contributed by atoms with Gasteiger partial charge in [0.15, 0.2) is 0 Å². The van der Waals surface area contributed by atoms with Gasteiger partial charge in [-0.15, -0.1) is 11.8 Å². The van der Waals surface area contributed by atoms with Crippen molar-refractivity contribution >= 4 is 52.5 Å². The molecule has 6 atom stereocenters. The summed E-state index contributed by atoms with van der Waals surface area (Å²) in [7, 11) is 0. The number of hydrogen-bond acceptors (Lipinski definition) is 5. The summed E-state index contributed by atoms with van der Waals surface area (Å²) in [4.78, 5) is 48.8. The number of hydrogen-bond donors (Lipinski definition) is 1. The molecule has 0 aliphatic carbocycles. The summed E-state index contributed by atoms with van der Waals surface area (Å²) in [6.45, 7) is 6.34. The van der Waals surface area contributed by atoms with Crippen LogP contribution in [0, 0.1) is 17.8 Å². The fraction of sp³-hybridized carbons (Fsp3) is 0.406. The van der Waals surface area contributed by atoms with Crippen LogP contribution < -0.4 is 9.80 Å². The van der Waals surface area contributed by atoms with E-state index >= 15 is 0 Å². The number of carbonyl (C=O) groups excluding carboxylic acids is 3. The van der Waals surface area contributed by atoms with Crippen molar-refractivity contribution < 1.29 is 19.5 Å². The number of anilines is 2. The Morgan fingerprint density at radius 3 is 2.12 bits per heavy atom. The van der Waals surface area contributed by atoms with E-state index in [1.165, 1.54) is 0 Å². The maximum atomic E-state index is 14.7. The van der Waals surface area contributed by atoms with E-state index in [0.29, 0.717) is 23.8 Å². The van der Waals surface area contributed by atoms with Crippen LogP contribution in [0.25, 0.3) is 0 Å². The molecule has 2 saturated heterocycles. The van der Waals surface area contributed by atoms with Gasteiger partial charge in [0.25, 0.3) is 5.91 Å². The van der Waals surface area contributed by atoms with Crippen LogP contribution in [0.3, 0.4) is 0 Å². The first-order chi connectivity index (χ1) is 19.6. The van der Waals surface area contributed by atoms with Crippen LogP contribution >= 0.6 is 23.4 Å². The smallest absolute Gasteiger partial charge is 0.251 e. The van der Waals surface area contributed by atoms with Crippen molar-refractivity contribution in [2.75, 3.05) is 29.5 Å². The van der Waals surface area contributed by atoms with Crippen LogP contribution in [0.1, 0.15) is 20.8 Å². The molecule has 9 heteroatoms.